The van der Waals surface area contributed by atoms with Crippen LogP contribution >= 0.6 is 11.3 Å². The highest BCUT2D eigenvalue weighted by Crippen LogP contribution is 2.31. The van der Waals surface area contributed by atoms with E-state index >= 15 is 0 Å². The molecule has 1 unspecified atom stereocenters. The number of hydrogen-bond donors (Lipinski definition) is 0. The molecule has 0 bridgehead atoms. The Hall–Kier alpha value is -3.10. The van der Waals surface area contributed by atoms with Crippen molar-refractivity contribution in [1.82, 2.24) is 14.8 Å². The van der Waals surface area contributed by atoms with E-state index in [0.717, 1.165) is 11.1 Å². The van der Waals surface area contributed by atoms with Gasteiger partial charge in [-0.15, -0.1) is 11.3 Å². The van der Waals surface area contributed by atoms with Gasteiger partial charge < -0.3 is 9.80 Å². The molecule has 32 heavy (non-hydrogen) atoms. The van der Waals surface area contributed by atoms with E-state index in [0.29, 0.717) is 49.8 Å². The molecule has 2 fully saturated rings. The largest absolute Gasteiger partial charge is 0.334 e. The second kappa shape index (κ2) is 8.80. The summed E-state index contributed by atoms with van der Waals surface area (Å²) in [6, 6.07) is 14.7. The van der Waals surface area contributed by atoms with Crippen molar-refractivity contribution in [3.05, 3.63) is 70.9 Å². The fourth-order valence-electron chi connectivity index (χ4n) is 4.45. The summed E-state index contributed by atoms with van der Waals surface area (Å²) < 4.78 is 14.7. The van der Waals surface area contributed by atoms with Gasteiger partial charge in [0.15, 0.2) is 5.01 Å². The maximum atomic E-state index is 14.7. The average Bonchev–Trinajstić information content (AvgIpc) is 3.50. The quantitative estimate of drug-likeness (QED) is 0.611. The molecule has 2 aliphatic heterocycles. The molecule has 8 heteroatoms. The molecule has 1 atom stereocenters. The second-order valence-corrected chi connectivity index (χ2v) is 8.95. The molecule has 0 spiro atoms. The molecule has 2 aromatic carbocycles. The van der Waals surface area contributed by atoms with E-state index in [-0.39, 0.29) is 17.9 Å². The lowest BCUT2D eigenvalue weighted by Gasteiger charge is -2.37. The number of halogens is 1. The number of rotatable bonds is 4. The van der Waals surface area contributed by atoms with Crippen molar-refractivity contribution >= 4 is 28.8 Å². The second-order valence-electron chi connectivity index (χ2n) is 8.06. The first kappa shape index (κ1) is 20.8. The first-order valence-electron chi connectivity index (χ1n) is 10.7. The number of piperazine rings is 1. The molecule has 0 N–H and O–H groups in total. The highest BCUT2D eigenvalue weighted by atomic mass is 32.1. The fraction of sp³-hybridized carbons (Fsp3) is 0.292. The maximum absolute atomic E-state index is 14.7. The van der Waals surface area contributed by atoms with Gasteiger partial charge in [0.05, 0.1) is 5.69 Å². The molecular weight excluding hydrogens is 427 g/mol. The zero-order valence-corrected chi connectivity index (χ0v) is 18.3. The van der Waals surface area contributed by atoms with Crippen LogP contribution in [0.25, 0.3) is 11.1 Å². The van der Waals surface area contributed by atoms with Crippen LogP contribution in [0.5, 0.6) is 0 Å². The molecule has 164 valence electrons. The summed E-state index contributed by atoms with van der Waals surface area (Å²) in [5.74, 6) is -0.499. The maximum Gasteiger partial charge on any atom is 0.282 e. The van der Waals surface area contributed by atoms with Crippen LogP contribution in [0.15, 0.2) is 60.1 Å². The normalized spacial score (nSPS) is 19.5. The standard InChI is InChI=1S/C24H23FN4O2S/c25-20-7-6-18(17-4-2-1-3-5-17)14-21(20)29-16-19(15-22(29)30)27-9-11-28(12-10-27)24(31)23-26-8-13-32-23/h1-8,13-14,19H,9-12,15-16H2. The predicted molar refractivity (Wildman–Crippen MR) is 122 cm³/mol. The van der Waals surface area contributed by atoms with Gasteiger partial charge in [0, 0.05) is 56.8 Å². The summed E-state index contributed by atoms with van der Waals surface area (Å²) in [6.45, 7) is 3.03. The highest BCUT2D eigenvalue weighted by molar-refractivity contribution is 7.11. The first-order valence-corrected chi connectivity index (χ1v) is 11.6. The Labute approximate surface area is 189 Å². The van der Waals surface area contributed by atoms with Gasteiger partial charge in [-0.25, -0.2) is 9.37 Å². The fourth-order valence-corrected chi connectivity index (χ4v) is 5.05. The van der Waals surface area contributed by atoms with Gasteiger partial charge in [-0.3, -0.25) is 14.5 Å². The number of hydrogen-bond acceptors (Lipinski definition) is 5. The van der Waals surface area contributed by atoms with E-state index in [4.69, 9.17) is 0 Å². The van der Waals surface area contributed by atoms with Gasteiger partial charge >= 0.3 is 0 Å². The van der Waals surface area contributed by atoms with E-state index in [1.165, 1.54) is 17.4 Å². The molecule has 0 aliphatic carbocycles. The van der Waals surface area contributed by atoms with Gasteiger partial charge in [-0.2, -0.15) is 0 Å². The number of thiazole rings is 1. The number of benzene rings is 2. The molecule has 0 saturated carbocycles. The van der Waals surface area contributed by atoms with Crippen molar-refractivity contribution in [3.63, 3.8) is 0 Å². The van der Waals surface area contributed by atoms with Crippen LogP contribution in [0.3, 0.4) is 0 Å². The summed E-state index contributed by atoms with van der Waals surface area (Å²) in [4.78, 5) is 35.1. The van der Waals surface area contributed by atoms with Crippen molar-refractivity contribution < 1.29 is 14.0 Å². The molecular formula is C24H23FN4O2S. The van der Waals surface area contributed by atoms with Crippen LogP contribution in [0, 0.1) is 5.82 Å². The van der Waals surface area contributed by atoms with Gasteiger partial charge in [0.1, 0.15) is 5.82 Å². The van der Waals surface area contributed by atoms with E-state index in [1.54, 1.807) is 28.6 Å². The first-order chi connectivity index (χ1) is 15.6. The van der Waals surface area contributed by atoms with E-state index < -0.39 is 5.82 Å². The van der Waals surface area contributed by atoms with Crippen LogP contribution < -0.4 is 4.90 Å². The summed E-state index contributed by atoms with van der Waals surface area (Å²) in [7, 11) is 0. The van der Waals surface area contributed by atoms with E-state index in [2.05, 4.69) is 9.88 Å². The van der Waals surface area contributed by atoms with E-state index in [1.807, 2.05) is 35.2 Å². The summed E-state index contributed by atoms with van der Waals surface area (Å²) >= 11 is 1.35. The highest BCUT2D eigenvalue weighted by Gasteiger charge is 2.37. The van der Waals surface area contributed by atoms with Gasteiger partial charge in [0.2, 0.25) is 5.91 Å². The lowest BCUT2D eigenvalue weighted by atomic mass is 10.0. The third-order valence-corrected chi connectivity index (χ3v) is 6.94. The number of amides is 2. The Morgan fingerprint density at radius 3 is 2.53 bits per heavy atom. The van der Waals surface area contributed by atoms with Crippen LogP contribution in [0.2, 0.25) is 0 Å². The third-order valence-electron chi connectivity index (χ3n) is 6.18. The molecule has 1 aromatic heterocycles. The molecule has 3 aromatic rings. The predicted octanol–water partition coefficient (Wildman–Crippen LogP) is 3.51. The lowest BCUT2D eigenvalue weighted by Crippen LogP contribution is -2.52. The number of carbonyl (C=O) groups is 2. The van der Waals surface area contributed by atoms with Crippen LogP contribution in [-0.2, 0) is 4.79 Å². The summed E-state index contributed by atoms with van der Waals surface area (Å²) in [5, 5.41) is 2.31. The van der Waals surface area contributed by atoms with Crippen LogP contribution in [-0.4, -0.2) is 65.4 Å². The molecule has 2 saturated heterocycles. The summed E-state index contributed by atoms with van der Waals surface area (Å²) in [6.07, 6.45) is 1.99. The van der Waals surface area contributed by atoms with Crippen LogP contribution in [0.1, 0.15) is 16.2 Å². The zero-order valence-electron chi connectivity index (χ0n) is 17.5. The monoisotopic (exact) mass is 450 g/mol. The third kappa shape index (κ3) is 4.03. The summed E-state index contributed by atoms with van der Waals surface area (Å²) in [5.41, 5.74) is 2.20. The number of aromatic nitrogens is 1. The van der Waals surface area contributed by atoms with Crippen LogP contribution in [0.4, 0.5) is 10.1 Å². The topological polar surface area (TPSA) is 56.8 Å². The van der Waals surface area contributed by atoms with E-state index in [9.17, 15) is 14.0 Å². The Kier molecular flexibility index (Phi) is 5.71. The molecule has 0 radical (unpaired) electrons. The van der Waals surface area contributed by atoms with Crippen molar-refractivity contribution in [1.29, 1.82) is 0 Å². The Morgan fingerprint density at radius 2 is 1.81 bits per heavy atom. The van der Waals surface area contributed by atoms with Crippen molar-refractivity contribution in [2.45, 2.75) is 12.5 Å². The zero-order chi connectivity index (χ0) is 22.1. The molecule has 5 rings (SSSR count). The molecule has 3 heterocycles. The van der Waals surface area contributed by atoms with Crippen molar-refractivity contribution in [2.75, 3.05) is 37.6 Å². The molecule has 6 nitrogen and oxygen atoms in total. The Bertz CT molecular complexity index is 1110. The van der Waals surface area contributed by atoms with Gasteiger partial charge in [0.25, 0.3) is 5.91 Å². The Morgan fingerprint density at radius 1 is 1.03 bits per heavy atom. The minimum absolute atomic E-state index is 0.0133. The van der Waals surface area contributed by atoms with Gasteiger partial charge in [-0.1, -0.05) is 36.4 Å². The lowest BCUT2D eigenvalue weighted by molar-refractivity contribution is -0.117. The SMILES string of the molecule is O=C(c1nccs1)N1CCN(C2CC(=O)N(c3cc(-c4ccccc4)ccc3F)C2)CC1. The van der Waals surface area contributed by atoms with Gasteiger partial charge in [-0.05, 0) is 23.3 Å². The minimum Gasteiger partial charge on any atom is -0.334 e. The van der Waals surface area contributed by atoms with Crippen molar-refractivity contribution in [2.24, 2.45) is 0 Å². The number of nitrogens with zero attached hydrogens (tertiary/aromatic N) is 4. The number of carbonyl (C=O) groups excluding carboxylic acids is 2. The average molecular weight is 451 g/mol. The molecule has 2 aliphatic rings. The Balaban J connectivity index is 1.27. The van der Waals surface area contributed by atoms with Crippen molar-refractivity contribution in [3.8, 4) is 11.1 Å². The molecule has 2 amide bonds. The minimum atomic E-state index is -0.391. The number of anilines is 1. The smallest absolute Gasteiger partial charge is 0.282 e.